The van der Waals surface area contributed by atoms with E-state index in [9.17, 15) is 13.2 Å². The number of hydrogen-bond acceptors (Lipinski definition) is 8. The summed E-state index contributed by atoms with van der Waals surface area (Å²) in [6, 6.07) is 10.9. The molecule has 0 radical (unpaired) electrons. The number of ether oxygens (including phenoxy) is 1. The van der Waals surface area contributed by atoms with E-state index in [0.717, 1.165) is 12.8 Å². The Bertz CT molecular complexity index is 1430. The summed E-state index contributed by atoms with van der Waals surface area (Å²) < 4.78 is 45.2. The average Bonchev–Trinajstić information content (AvgIpc) is 3.42. The van der Waals surface area contributed by atoms with E-state index in [1.165, 1.54) is 29.9 Å². The minimum absolute atomic E-state index is 0.0533. The van der Waals surface area contributed by atoms with Gasteiger partial charge in [0, 0.05) is 12.0 Å². The molecule has 31 heavy (non-hydrogen) atoms. The maximum Gasteiger partial charge on any atom is 0.420 e. The van der Waals surface area contributed by atoms with Crippen molar-refractivity contribution in [3.63, 3.8) is 0 Å². The van der Waals surface area contributed by atoms with Crippen LogP contribution < -0.4 is 15.2 Å². The van der Waals surface area contributed by atoms with Crippen molar-refractivity contribution in [2.75, 3.05) is 11.8 Å². The van der Waals surface area contributed by atoms with Crippen molar-refractivity contribution in [2.45, 2.75) is 30.2 Å². The molecule has 5 rings (SSSR count). The van der Waals surface area contributed by atoms with Crippen molar-refractivity contribution < 1.29 is 22.1 Å². The fourth-order valence-corrected chi connectivity index (χ4v) is 4.35. The zero-order valence-electron chi connectivity index (χ0n) is 16.4. The second-order valence-electron chi connectivity index (χ2n) is 7.21. The quantitative estimate of drug-likeness (QED) is 0.462. The largest absolute Gasteiger partial charge is 0.495 e. The molecule has 0 bridgehead atoms. The fraction of sp³-hybridized carbons (Fsp3) is 0.250. The Labute approximate surface area is 176 Å². The molecule has 1 fully saturated rings. The Balaban J connectivity index is 1.45. The minimum Gasteiger partial charge on any atom is -0.495 e. The minimum atomic E-state index is -3.94. The number of fused-ring (bicyclic) bond motifs is 1. The third kappa shape index (κ3) is 3.67. The van der Waals surface area contributed by atoms with Crippen molar-refractivity contribution in [3.05, 3.63) is 64.7 Å². The van der Waals surface area contributed by atoms with E-state index in [4.69, 9.17) is 13.7 Å². The summed E-state index contributed by atoms with van der Waals surface area (Å²) in [6.45, 7) is 0.0631. The molecule has 1 N–H and O–H groups in total. The normalized spacial score (nSPS) is 14.1. The molecule has 0 unspecified atom stereocenters. The van der Waals surface area contributed by atoms with E-state index < -0.39 is 15.8 Å². The van der Waals surface area contributed by atoms with E-state index in [1.54, 1.807) is 24.3 Å². The van der Waals surface area contributed by atoms with Gasteiger partial charge in [0.1, 0.15) is 5.75 Å². The van der Waals surface area contributed by atoms with Gasteiger partial charge in [-0.25, -0.2) is 13.2 Å². The van der Waals surface area contributed by atoms with Crippen LogP contribution in [-0.2, 0) is 16.6 Å². The van der Waals surface area contributed by atoms with Gasteiger partial charge in [0.2, 0.25) is 5.89 Å². The predicted molar refractivity (Wildman–Crippen MR) is 110 cm³/mol. The summed E-state index contributed by atoms with van der Waals surface area (Å²) in [5.74, 6) is 0.992. The lowest BCUT2D eigenvalue weighted by molar-refractivity contribution is 0.372. The van der Waals surface area contributed by atoms with Crippen LogP contribution in [0.3, 0.4) is 0 Å². The molecule has 0 saturated heterocycles. The summed E-state index contributed by atoms with van der Waals surface area (Å²) in [4.78, 5) is 16.6. The van der Waals surface area contributed by atoms with Gasteiger partial charge < -0.3 is 13.7 Å². The van der Waals surface area contributed by atoms with Crippen LogP contribution in [0.15, 0.2) is 61.1 Å². The average molecular weight is 442 g/mol. The van der Waals surface area contributed by atoms with Crippen LogP contribution in [0.25, 0.3) is 11.1 Å². The molecule has 2 heterocycles. The highest BCUT2D eigenvalue weighted by atomic mass is 32.2. The molecule has 1 aliphatic rings. The van der Waals surface area contributed by atoms with E-state index in [2.05, 4.69) is 14.9 Å². The van der Waals surface area contributed by atoms with Gasteiger partial charge in [-0.3, -0.25) is 9.29 Å². The number of anilines is 1. The number of methoxy groups -OCH3 is 1. The molecule has 1 aliphatic carbocycles. The predicted octanol–water partition coefficient (Wildman–Crippen LogP) is 2.71. The van der Waals surface area contributed by atoms with Gasteiger partial charge in [-0.1, -0.05) is 17.3 Å². The molecule has 10 nitrogen and oxygen atoms in total. The number of para-hydroxylation sites is 2. The van der Waals surface area contributed by atoms with Gasteiger partial charge in [-0.15, -0.1) is 0 Å². The zero-order valence-corrected chi connectivity index (χ0v) is 17.3. The van der Waals surface area contributed by atoms with Crippen molar-refractivity contribution in [3.8, 4) is 5.75 Å². The number of benzene rings is 2. The van der Waals surface area contributed by atoms with E-state index >= 15 is 0 Å². The number of hydrogen-bond donors (Lipinski definition) is 1. The monoisotopic (exact) mass is 442 g/mol. The summed E-state index contributed by atoms with van der Waals surface area (Å²) in [6.07, 6.45) is 2.05. The highest BCUT2D eigenvalue weighted by Crippen LogP contribution is 2.38. The molecular formula is C20H18N4O6S. The highest BCUT2D eigenvalue weighted by molar-refractivity contribution is 7.92. The Morgan fingerprint density at radius 1 is 1.23 bits per heavy atom. The van der Waals surface area contributed by atoms with Crippen LogP contribution in [0, 0.1) is 0 Å². The molecule has 0 aliphatic heterocycles. The highest BCUT2D eigenvalue weighted by Gasteiger charge is 2.30. The Hall–Kier alpha value is -3.60. The first-order chi connectivity index (χ1) is 14.9. The number of nitrogens with one attached hydrogen (secondary N) is 1. The van der Waals surface area contributed by atoms with Crippen LogP contribution in [0.2, 0.25) is 0 Å². The first-order valence-corrected chi connectivity index (χ1v) is 11.0. The summed E-state index contributed by atoms with van der Waals surface area (Å²) in [5.41, 5.74) is 0.866. The molecule has 0 spiro atoms. The first-order valence-electron chi connectivity index (χ1n) is 9.56. The molecule has 11 heteroatoms. The number of oxazole rings is 1. The van der Waals surface area contributed by atoms with E-state index in [1.807, 2.05) is 0 Å². The lowest BCUT2D eigenvalue weighted by Crippen LogP contribution is -2.16. The molecule has 2 aromatic heterocycles. The molecule has 2 aromatic carbocycles. The summed E-state index contributed by atoms with van der Waals surface area (Å²) in [5, 5.41) is 3.91. The molecule has 4 aromatic rings. The van der Waals surface area contributed by atoms with Gasteiger partial charge >= 0.3 is 5.76 Å². The topological polar surface area (TPSA) is 129 Å². The van der Waals surface area contributed by atoms with Gasteiger partial charge in [0.15, 0.2) is 11.4 Å². The second-order valence-corrected chi connectivity index (χ2v) is 8.89. The molecule has 1 saturated carbocycles. The summed E-state index contributed by atoms with van der Waals surface area (Å²) in [7, 11) is -2.49. The van der Waals surface area contributed by atoms with Crippen molar-refractivity contribution in [1.82, 2.24) is 14.7 Å². The van der Waals surface area contributed by atoms with Crippen LogP contribution in [0.4, 0.5) is 5.69 Å². The van der Waals surface area contributed by atoms with Crippen LogP contribution >= 0.6 is 0 Å². The SMILES string of the molecule is COc1ccccc1NS(=O)(=O)c1ccc2c(c1)oc(=O)n2Cc1noc(C2CC2)n1. The van der Waals surface area contributed by atoms with Crippen molar-refractivity contribution >= 4 is 26.8 Å². The van der Waals surface area contributed by atoms with E-state index in [0.29, 0.717) is 34.6 Å². The lowest BCUT2D eigenvalue weighted by atomic mass is 10.3. The molecule has 0 amide bonds. The van der Waals surface area contributed by atoms with Crippen LogP contribution in [0.5, 0.6) is 5.75 Å². The lowest BCUT2D eigenvalue weighted by Gasteiger charge is -2.11. The van der Waals surface area contributed by atoms with Crippen molar-refractivity contribution in [1.29, 1.82) is 0 Å². The molecular weight excluding hydrogens is 424 g/mol. The van der Waals surface area contributed by atoms with Gasteiger partial charge in [0.25, 0.3) is 10.0 Å². The van der Waals surface area contributed by atoms with Crippen LogP contribution in [0.1, 0.15) is 30.5 Å². The fourth-order valence-electron chi connectivity index (χ4n) is 3.27. The Morgan fingerprint density at radius 3 is 2.81 bits per heavy atom. The standard InChI is InChI=1S/C20H18N4O6S/c1-28-16-5-3-2-4-14(16)23-31(26,27)13-8-9-15-17(10-13)29-20(25)24(15)11-18-21-19(30-22-18)12-6-7-12/h2-5,8-10,12,23H,6-7,11H2,1H3. The molecule has 160 valence electrons. The third-order valence-electron chi connectivity index (χ3n) is 5.01. The number of aromatic nitrogens is 3. The Morgan fingerprint density at radius 2 is 2.03 bits per heavy atom. The maximum atomic E-state index is 12.8. The summed E-state index contributed by atoms with van der Waals surface area (Å²) >= 11 is 0. The smallest absolute Gasteiger partial charge is 0.420 e. The van der Waals surface area contributed by atoms with Crippen LogP contribution in [-0.4, -0.2) is 30.2 Å². The zero-order chi connectivity index (χ0) is 21.6. The Kier molecular flexibility index (Phi) is 4.54. The van der Waals surface area contributed by atoms with Crippen molar-refractivity contribution in [2.24, 2.45) is 0 Å². The number of sulfonamides is 1. The van der Waals surface area contributed by atoms with Gasteiger partial charge in [-0.05, 0) is 37.1 Å². The second kappa shape index (κ2) is 7.27. The number of nitrogens with zero attached hydrogens (tertiary/aromatic N) is 3. The van der Waals surface area contributed by atoms with E-state index in [-0.39, 0.29) is 17.0 Å². The van der Waals surface area contributed by atoms with Gasteiger partial charge in [-0.2, -0.15) is 4.98 Å². The first kappa shape index (κ1) is 19.4. The third-order valence-corrected chi connectivity index (χ3v) is 6.37. The van der Waals surface area contributed by atoms with Gasteiger partial charge in [0.05, 0.1) is 29.8 Å². The number of rotatable bonds is 7. The maximum absolute atomic E-state index is 12.8. The molecule has 0 atom stereocenters.